The summed E-state index contributed by atoms with van der Waals surface area (Å²) >= 11 is 0. The van der Waals surface area contributed by atoms with Crippen molar-refractivity contribution in [3.05, 3.63) is 18.0 Å². The van der Waals surface area contributed by atoms with Crippen LogP contribution in [-0.2, 0) is 12.6 Å². The Labute approximate surface area is 91.1 Å². The molecule has 1 saturated carbocycles. The molecular formula is C12H20N2O. The number of rotatable bonds is 2. The number of nitrogens with zero attached hydrogens (tertiary/aromatic N) is 2. The minimum absolute atomic E-state index is 0.376. The lowest BCUT2D eigenvalue weighted by atomic mass is 9.76. The average Bonchev–Trinajstić information content (AvgIpc) is 2.67. The molecule has 0 spiro atoms. The van der Waals surface area contributed by atoms with E-state index in [0.29, 0.717) is 5.92 Å². The van der Waals surface area contributed by atoms with Crippen LogP contribution in [0.2, 0.25) is 0 Å². The standard InChI is InChI=1S/C12H20N2O/c1-12(15,10-6-4-3-5-7-10)11-8-9-14(2)13-11/h8-10,15H,3-7H2,1-2H3. The third-order valence-electron chi connectivity index (χ3n) is 3.63. The van der Waals surface area contributed by atoms with Crippen molar-refractivity contribution in [1.82, 2.24) is 9.78 Å². The van der Waals surface area contributed by atoms with Crippen molar-refractivity contribution in [2.75, 3.05) is 0 Å². The molecule has 15 heavy (non-hydrogen) atoms. The van der Waals surface area contributed by atoms with Gasteiger partial charge < -0.3 is 5.11 Å². The van der Waals surface area contributed by atoms with Crippen molar-refractivity contribution >= 4 is 0 Å². The van der Waals surface area contributed by atoms with Crippen LogP contribution in [0.1, 0.15) is 44.7 Å². The van der Waals surface area contributed by atoms with Crippen LogP contribution in [-0.4, -0.2) is 14.9 Å². The van der Waals surface area contributed by atoms with Crippen LogP contribution in [0.3, 0.4) is 0 Å². The predicted molar refractivity (Wildman–Crippen MR) is 59.4 cm³/mol. The van der Waals surface area contributed by atoms with Crippen LogP contribution in [0.25, 0.3) is 0 Å². The van der Waals surface area contributed by atoms with Gasteiger partial charge in [-0.05, 0) is 31.7 Å². The molecular weight excluding hydrogens is 188 g/mol. The first-order valence-corrected chi connectivity index (χ1v) is 5.83. The molecule has 0 aromatic carbocycles. The maximum atomic E-state index is 10.5. The zero-order valence-electron chi connectivity index (χ0n) is 9.61. The second-order valence-electron chi connectivity index (χ2n) is 4.86. The molecule has 1 N–H and O–H groups in total. The Kier molecular flexibility index (Phi) is 2.83. The molecule has 0 amide bonds. The number of aliphatic hydroxyl groups is 1. The molecule has 0 saturated heterocycles. The molecule has 1 unspecified atom stereocenters. The van der Waals surface area contributed by atoms with Gasteiger partial charge in [0.1, 0.15) is 5.60 Å². The lowest BCUT2D eigenvalue weighted by Crippen LogP contribution is -2.33. The molecule has 1 aromatic heterocycles. The van der Waals surface area contributed by atoms with Gasteiger partial charge in [-0.1, -0.05) is 19.3 Å². The fraction of sp³-hybridized carbons (Fsp3) is 0.750. The third-order valence-corrected chi connectivity index (χ3v) is 3.63. The van der Waals surface area contributed by atoms with Gasteiger partial charge in [-0.3, -0.25) is 4.68 Å². The van der Waals surface area contributed by atoms with Crippen LogP contribution in [0.4, 0.5) is 0 Å². The highest BCUT2D eigenvalue weighted by Gasteiger charge is 2.36. The first-order chi connectivity index (χ1) is 7.10. The Morgan fingerprint density at radius 2 is 2.07 bits per heavy atom. The normalized spacial score (nSPS) is 22.6. The lowest BCUT2D eigenvalue weighted by molar-refractivity contribution is -0.0256. The summed E-state index contributed by atoms with van der Waals surface area (Å²) in [7, 11) is 1.89. The molecule has 1 fully saturated rings. The molecule has 1 atom stereocenters. The minimum Gasteiger partial charge on any atom is -0.383 e. The average molecular weight is 208 g/mol. The topological polar surface area (TPSA) is 38.0 Å². The Morgan fingerprint density at radius 3 is 2.60 bits per heavy atom. The van der Waals surface area contributed by atoms with E-state index in [-0.39, 0.29) is 0 Å². The minimum atomic E-state index is -0.748. The highest BCUT2D eigenvalue weighted by Crippen LogP contribution is 2.38. The van der Waals surface area contributed by atoms with E-state index in [2.05, 4.69) is 5.10 Å². The maximum Gasteiger partial charge on any atom is 0.108 e. The molecule has 0 aliphatic heterocycles. The summed E-state index contributed by atoms with van der Waals surface area (Å²) in [6, 6.07) is 1.93. The van der Waals surface area contributed by atoms with Crippen molar-refractivity contribution in [2.45, 2.75) is 44.6 Å². The van der Waals surface area contributed by atoms with Gasteiger partial charge in [0.15, 0.2) is 0 Å². The number of hydrogen-bond acceptors (Lipinski definition) is 2. The molecule has 3 heteroatoms. The molecule has 1 aliphatic carbocycles. The van der Waals surface area contributed by atoms with Gasteiger partial charge in [-0.25, -0.2) is 0 Å². The van der Waals surface area contributed by atoms with E-state index in [9.17, 15) is 5.11 Å². The van der Waals surface area contributed by atoms with Gasteiger partial charge in [-0.2, -0.15) is 5.10 Å². The van der Waals surface area contributed by atoms with Gasteiger partial charge >= 0.3 is 0 Å². The summed E-state index contributed by atoms with van der Waals surface area (Å²) < 4.78 is 1.76. The molecule has 3 nitrogen and oxygen atoms in total. The van der Waals surface area contributed by atoms with E-state index in [1.165, 1.54) is 19.3 Å². The van der Waals surface area contributed by atoms with Crippen molar-refractivity contribution in [1.29, 1.82) is 0 Å². The molecule has 0 bridgehead atoms. The number of aromatic nitrogens is 2. The monoisotopic (exact) mass is 208 g/mol. The van der Waals surface area contributed by atoms with E-state index in [0.717, 1.165) is 18.5 Å². The highest BCUT2D eigenvalue weighted by atomic mass is 16.3. The predicted octanol–water partition coefficient (Wildman–Crippen LogP) is 2.21. The van der Waals surface area contributed by atoms with Crippen molar-refractivity contribution in [3.8, 4) is 0 Å². The van der Waals surface area contributed by atoms with Crippen LogP contribution in [0, 0.1) is 5.92 Å². The summed E-state index contributed by atoms with van der Waals surface area (Å²) in [4.78, 5) is 0. The summed E-state index contributed by atoms with van der Waals surface area (Å²) in [6.07, 6.45) is 7.95. The largest absolute Gasteiger partial charge is 0.383 e. The van der Waals surface area contributed by atoms with Crippen LogP contribution in [0.15, 0.2) is 12.3 Å². The summed E-state index contributed by atoms with van der Waals surface area (Å²) in [5, 5.41) is 14.9. The number of aryl methyl sites for hydroxylation is 1. The SMILES string of the molecule is Cn1ccc(C(C)(O)C2CCCCC2)n1. The quantitative estimate of drug-likeness (QED) is 0.809. The number of hydrogen-bond donors (Lipinski definition) is 1. The van der Waals surface area contributed by atoms with E-state index in [1.54, 1.807) is 4.68 Å². The maximum absolute atomic E-state index is 10.5. The molecule has 1 aromatic rings. The molecule has 2 rings (SSSR count). The zero-order valence-corrected chi connectivity index (χ0v) is 9.61. The molecule has 1 aliphatic rings. The molecule has 1 heterocycles. The Bertz CT molecular complexity index is 324. The van der Waals surface area contributed by atoms with Crippen molar-refractivity contribution in [2.24, 2.45) is 13.0 Å². The van der Waals surface area contributed by atoms with Gasteiger partial charge in [0, 0.05) is 13.2 Å². The Morgan fingerprint density at radius 1 is 1.40 bits per heavy atom. The van der Waals surface area contributed by atoms with E-state index in [4.69, 9.17) is 0 Å². The summed E-state index contributed by atoms with van der Waals surface area (Å²) in [6.45, 7) is 1.91. The van der Waals surface area contributed by atoms with Gasteiger partial charge in [0.2, 0.25) is 0 Å². The summed E-state index contributed by atoms with van der Waals surface area (Å²) in [5.41, 5.74) is 0.0682. The van der Waals surface area contributed by atoms with E-state index < -0.39 is 5.60 Å². The smallest absolute Gasteiger partial charge is 0.108 e. The van der Waals surface area contributed by atoms with E-state index in [1.807, 2.05) is 26.2 Å². The van der Waals surface area contributed by atoms with E-state index >= 15 is 0 Å². The summed E-state index contributed by atoms with van der Waals surface area (Å²) in [5.74, 6) is 0.376. The van der Waals surface area contributed by atoms with Crippen molar-refractivity contribution < 1.29 is 5.11 Å². The van der Waals surface area contributed by atoms with Crippen molar-refractivity contribution in [3.63, 3.8) is 0 Å². The first kappa shape index (κ1) is 10.7. The second kappa shape index (κ2) is 3.97. The molecule has 0 radical (unpaired) electrons. The van der Waals surface area contributed by atoms with Crippen LogP contribution < -0.4 is 0 Å². The first-order valence-electron chi connectivity index (χ1n) is 5.83. The fourth-order valence-corrected chi connectivity index (χ4v) is 2.56. The fourth-order valence-electron chi connectivity index (χ4n) is 2.56. The lowest BCUT2D eigenvalue weighted by Gasteiger charge is -2.34. The second-order valence-corrected chi connectivity index (χ2v) is 4.86. The van der Waals surface area contributed by atoms with Crippen LogP contribution >= 0.6 is 0 Å². The Hall–Kier alpha value is -0.830. The third kappa shape index (κ3) is 2.07. The zero-order chi connectivity index (χ0) is 10.9. The van der Waals surface area contributed by atoms with Gasteiger partial charge in [-0.15, -0.1) is 0 Å². The van der Waals surface area contributed by atoms with Crippen LogP contribution in [0.5, 0.6) is 0 Å². The van der Waals surface area contributed by atoms with Gasteiger partial charge in [0.25, 0.3) is 0 Å². The highest BCUT2D eigenvalue weighted by molar-refractivity contribution is 5.11. The van der Waals surface area contributed by atoms with Gasteiger partial charge in [0.05, 0.1) is 5.69 Å². The molecule has 84 valence electrons. The Balaban J connectivity index is 2.17.